The van der Waals surface area contributed by atoms with Gasteiger partial charge in [0.25, 0.3) is 5.91 Å². The van der Waals surface area contributed by atoms with Crippen LogP contribution in [0.5, 0.6) is 0 Å². The molecule has 2 aromatic heterocycles. The van der Waals surface area contributed by atoms with Gasteiger partial charge >= 0.3 is 0 Å². The van der Waals surface area contributed by atoms with Gasteiger partial charge in [-0.3, -0.25) is 9.48 Å². The third-order valence-corrected chi connectivity index (χ3v) is 5.75. The van der Waals surface area contributed by atoms with Crippen molar-refractivity contribution in [1.82, 2.24) is 14.7 Å². The zero-order valence-corrected chi connectivity index (χ0v) is 15.8. The van der Waals surface area contributed by atoms with Gasteiger partial charge in [-0.25, -0.2) is 0 Å². The number of nitrogens with zero attached hydrogens (tertiary/aromatic N) is 3. The number of likely N-dealkylation sites (N-methyl/N-ethyl adjacent to an activating group) is 1. The molecule has 0 aliphatic rings. The number of thiophene rings is 1. The number of carbonyl (C=O) groups excluding carboxylic acids is 1. The molecule has 0 bridgehead atoms. The Morgan fingerprint density at radius 1 is 1.28 bits per heavy atom. The third-order valence-electron chi connectivity index (χ3n) is 4.48. The van der Waals surface area contributed by atoms with Crippen LogP contribution in [0.4, 0.5) is 5.69 Å². The SMILES string of the molecule is CCN(CC)CCn1cc(NC(=O)c2sc3ccccc3c2C)cn1. The molecule has 1 amide bonds. The van der Waals surface area contributed by atoms with Crippen LogP contribution >= 0.6 is 11.3 Å². The summed E-state index contributed by atoms with van der Waals surface area (Å²) in [5, 5.41) is 8.46. The van der Waals surface area contributed by atoms with Crippen molar-refractivity contribution in [1.29, 1.82) is 0 Å². The van der Waals surface area contributed by atoms with Gasteiger partial charge in [0.2, 0.25) is 0 Å². The van der Waals surface area contributed by atoms with Gasteiger partial charge in [0.05, 0.1) is 23.3 Å². The number of nitrogens with one attached hydrogen (secondary N) is 1. The van der Waals surface area contributed by atoms with Crippen molar-refractivity contribution in [3.8, 4) is 0 Å². The summed E-state index contributed by atoms with van der Waals surface area (Å²) in [7, 11) is 0. The molecule has 2 heterocycles. The highest BCUT2D eigenvalue weighted by atomic mass is 32.1. The van der Waals surface area contributed by atoms with Crippen LogP contribution in [-0.4, -0.2) is 40.2 Å². The van der Waals surface area contributed by atoms with Gasteiger partial charge in [0, 0.05) is 17.4 Å². The fraction of sp³-hybridized carbons (Fsp3) is 0.368. The van der Waals surface area contributed by atoms with Gasteiger partial charge in [0.1, 0.15) is 0 Å². The van der Waals surface area contributed by atoms with E-state index in [0.29, 0.717) is 0 Å². The van der Waals surface area contributed by atoms with Crippen LogP contribution in [-0.2, 0) is 6.54 Å². The number of hydrogen-bond acceptors (Lipinski definition) is 4. The second kappa shape index (κ2) is 7.80. The van der Waals surface area contributed by atoms with Crippen molar-refractivity contribution in [2.24, 2.45) is 0 Å². The topological polar surface area (TPSA) is 50.2 Å². The highest BCUT2D eigenvalue weighted by Gasteiger charge is 2.16. The Hall–Kier alpha value is -2.18. The van der Waals surface area contributed by atoms with E-state index in [1.165, 1.54) is 11.3 Å². The summed E-state index contributed by atoms with van der Waals surface area (Å²) in [4.78, 5) is 15.7. The van der Waals surface area contributed by atoms with Crippen LogP contribution in [0.15, 0.2) is 36.7 Å². The Kier molecular flexibility index (Phi) is 5.50. The van der Waals surface area contributed by atoms with Gasteiger partial charge in [-0.1, -0.05) is 32.0 Å². The number of anilines is 1. The third kappa shape index (κ3) is 3.91. The van der Waals surface area contributed by atoms with E-state index in [2.05, 4.69) is 41.3 Å². The van der Waals surface area contributed by atoms with Crippen molar-refractivity contribution >= 4 is 33.0 Å². The first-order valence-corrected chi connectivity index (χ1v) is 9.48. The second-order valence-corrected chi connectivity index (χ2v) is 7.08. The Bertz CT molecular complexity index is 863. The van der Waals surface area contributed by atoms with Crippen LogP contribution in [0, 0.1) is 6.92 Å². The standard InChI is InChI=1S/C19H24N4OS/c1-4-22(5-2)10-11-23-13-15(12-20-23)21-19(24)18-14(3)16-8-6-7-9-17(16)25-18/h6-9,12-13H,4-5,10-11H2,1-3H3,(H,21,24). The van der Waals surface area contributed by atoms with E-state index in [1.807, 2.05) is 29.9 Å². The summed E-state index contributed by atoms with van der Waals surface area (Å²) in [6, 6.07) is 8.11. The molecule has 3 rings (SSSR count). The highest BCUT2D eigenvalue weighted by Crippen LogP contribution is 2.31. The number of carbonyl (C=O) groups is 1. The Morgan fingerprint density at radius 2 is 2.04 bits per heavy atom. The summed E-state index contributed by atoms with van der Waals surface area (Å²) in [5.41, 5.74) is 1.77. The van der Waals surface area contributed by atoms with Crippen molar-refractivity contribution in [3.63, 3.8) is 0 Å². The fourth-order valence-electron chi connectivity index (χ4n) is 2.91. The Labute approximate surface area is 152 Å². The number of hydrogen-bond donors (Lipinski definition) is 1. The first kappa shape index (κ1) is 17.6. The number of amides is 1. The summed E-state index contributed by atoms with van der Waals surface area (Å²) >= 11 is 1.53. The molecule has 1 N–H and O–H groups in total. The lowest BCUT2D eigenvalue weighted by atomic mass is 10.1. The molecule has 0 radical (unpaired) electrons. The molecule has 0 unspecified atom stereocenters. The van der Waals surface area contributed by atoms with Crippen molar-refractivity contribution in [2.45, 2.75) is 27.3 Å². The molecule has 132 valence electrons. The van der Waals surface area contributed by atoms with Gasteiger partial charge < -0.3 is 10.2 Å². The molecule has 0 aliphatic carbocycles. The summed E-state index contributed by atoms with van der Waals surface area (Å²) in [5.74, 6) is -0.0676. The van der Waals surface area contributed by atoms with Gasteiger partial charge in [-0.05, 0) is 37.0 Å². The van der Waals surface area contributed by atoms with Crippen LogP contribution < -0.4 is 5.32 Å². The molecule has 0 atom stereocenters. The molecule has 1 aromatic carbocycles. The maximum absolute atomic E-state index is 12.6. The minimum Gasteiger partial charge on any atom is -0.319 e. The van der Waals surface area contributed by atoms with Crippen molar-refractivity contribution in [2.75, 3.05) is 25.0 Å². The highest BCUT2D eigenvalue weighted by molar-refractivity contribution is 7.21. The number of aromatic nitrogens is 2. The van der Waals surface area contributed by atoms with Gasteiger partial charge in [-0.15, -0.1) is 11.3 Å². The largest absolute Gasteiger partial charge is 0.319 e. The average molecular weight is 356 g/mol. The zero-order chi connectivity index (χ0) is 17.8. The molecule has 5 nitrogen and oxygen atoms in total. The normalized spacial score (nSPS) is 11.4. The van der Waals surface area contributed by atoms with Crippen LogP contribution in [0.25, 0.3) is 10.1 Å². The number of aryl methyl sites for hydroxylation is 1. The Morgan fingerprint density at radius 3 is 2.76 bits per heavy atom. The van der Waals surface area contributed by atoms with E-state index >= 15 is 0 Å². The minimum atomic E-state index is -0.0676. The molecule has 0 saturated heterocycles. The molecule has 25 heavy (non-hydrogen) atoms. The number of fused-ring (bicyclic) bond motifs is 1. The molecular weight excluding hydrogens is 332 g/mol. The lowest BCUT2D eigenvalue weighted by Gasteiger charge is -2.17. The van der Waals surface area contributed by atoms with E-state index in [9.17, 15) is 4.79 Å². The van der Waals surface area contributed by atoms with E-state index < -0.39 is 0 Å². The van der Waals surface area contributed by atoms with Crippen molar-refractivity contribution < 1.29 is 4.79 Å². The first-order valence-electron chi connectivity index (χ1n) is 8.66. The predicted molar refractivity (Wildman–Crippen MR) is 105 cm³/mol. The lowest BCUT2D eigenvalue weighted by molar-refractivity contribution is 0.103. The molecule has 0 fully saturated rings. The van der Waals surface area contributed by atoms with Crippen LogP contribution in [0.3, 0.4) is 0 Å². The average Bonchev–Trinajstić information content (AvgIpc) is 3.21. The maximum Gasteiger partial charge on any atom is 0.266 e. The molecular formula is C19H24N4OS. The van der Waals surface area contributed by atoms with Crippen molar-refractivity contribution in [3.05, 3.63) is 47.1 Å². The first-order chi connectivity index (χ1) is 12.1. The van der Waals surface area contributed by atoms with Gasteiger partial charge in [0.15, 0.2) is 0 Å². The molecule has 6 heteroatoms. The van der Waals surface area contributed by atoms with E-state index in [1.54, 1.807) is 6.20 Å². The summed E-state index contributed by atoms with van der Waals surface area (Å²) < 4.78 is 3.02. The quantitative estimate of drug-likeness (QED) is 0.696. The number of rotatable bonds is 7. The van der Waals surface area contributed by atoms with Gasteiger partial charge in [-0.2, -0.15) is 5.10 Å². The predicted octanol–water partition coefficient (Wildman–Crippen LogP) is 4.00. The van der Waals surface area contributed by atoms with E-state index in [4.69, 9.17) is 0 Å². The minimum absolute atomic E-state index is 0.0676. The second-order valence-electron chi connectivity index (χ2n) is 6.03. The monoisotopic (exact) mass is 356 g/mol. The smallest absolute Gasteiger partial charge is 0.266 e. The molecule has 3 aromatic rings. The zero-order valence-electron chi connectivity index (χ0n) is 15.0. The number of benzene rings is 1. The molecule has 0 saturated carbocycles. The summed E-state index contributed by atoms with van der Waals surface area (Å²) in [6.45, 7) is 10.2. The fourth-order valence-corrected chi connectivity index (χ4v) is 4.02. The van der Waals surface area contributed by atoms with Crippen LogP contribution in [0.1, 0.15) is 29.1 Å². The van der Waals surface area contributed by atoms with E-state index in [-0.39, 0.29) is 5.91 Å². The lowest BCUT2D eigenvalue weighted by Crippen LogP contribution is -2.27. The summed E-state index contributed by atoms with van der Waals surface area (Å²) in [6.07, 6.45) is 3.60. The van der Waals surface area contributed by atoms with E-state index in [0.717, 1.165) is 52.4 Å². The Balaban J connectivity index is 1.68. The molecule has 0 spiro atoms. The molecule has 0 aliphatic heterocycles. The maximum atomic E-state index is 12.6. The van der Waals surface area contributed by atoms with Crippen LogP contribution in [0.2, 0.25) is 0 Å².